The Kier molecular flexibility index (Phi) is 10.0. The van der Waals surface area contributed by atoms with E-state index in [1.54, 1.807) is 39.1 Å². The summed E-state index contributed by atoms with van der Waals surface area (Å²) in [5.41, 5.74) is -0.545. The fourth-order valence-corrected chi connectivity index (χ4v) is 3.91. The van der Waals surface area contributed by atoms with E-state index in [0.717, 1.165) is 17.2 Å². The fourth-order valence-electron chi connectivity index (χ4n) is 3.01. The van der Waals surface area contributed by atoms with E-state index in [4.69, 9.17) is 25.8 Å². The van der Waals surface area contributed by atoms with Crippen LogP contribution in [0.3, 0.4) is 0 Å². The first-order valence-corrected chi connectivity index (χ1v) is 13.3. The van der Waals surface area contributed by atoms with Crippen molar-refractivity contribution in [2.45, 2.75) is 65.0 Å². The number of benzene rings is 1. The number of alkyl carbamates (subject to hydrolysis) is 1. The summed E-state index contributed by atoms with van der Waals surface area (Å²) in [6.45, 7) is 8.39. The van der Waals surface area contributed by atoms with Crippen molar-refractivity contribution in [2.75, 3.05) is 13.2 Å². The third-order valence-corrected chi connectivity index (χ3v) is 6.11. The van der Waals surface area contributed by atoms with Gasteiger partial charge in [-0.3, -0.25) is 4.79 Å². The molecule has 2 amide bonds. The molecule has 1 heterocycles. The molecule has 2 aromatic rings. The average Bonchev–Trinajstić information content (AvgIpc) is 3.51. The Morgan fingerprint density at radius 3 is 2.78 bits per heavy atom. The first kappa shape index (κ1) is 27.8. The molecule has 0 radical (unpaired) electrons. The molecule has 1 aromatic carbocycles. The predicted octanol–water partition coefficient (Wildman–Crippen LogP) is 6.20. The highest BCUT2D eigenvalue weighted by molar-refractivity contribution is 7.14. The number of thiazole rings is 1. The molecular weight excluding hydrogens is 502 g/mol. The van der Waals surface area contributed by atoms with E-state index in [0.29, 0.717) is 41.3 Å². The molecule has 1 fully saturated rings. The summed E-state index contributed by atoms with van der Waals surface area (Å²) in [6, 6.07) is 5.21. The van der Waals surface area contributed by atoms with Gasteiger partial charge in [0.15, 0.2) is 0 Å². The third-order valence-electron chi connectivity index (χ3n) is 4.97. The Labute approximate surface area is 221 Å². The van der Waals surface area contributed by atoms with Crippen LogP contribution in [0.4, 0.5) is 4.79 Å². The molecule has 10 heteroatoms. The van der Waals surface area contributed by atoms with Crippen LogP contribution in [0.1, 0.15) is 58.3 Å². The summed E-state index contributed by atoms with van der Waals surface area (Å²) in [6.07, 6.45) is 8.28. The Balaban J connectivity index is 1.37. The second-order valence-corrected chi connectivity index (χ2v) is 11.2. The zero-order chi connectivity index (χ0) is 26.1. The molecule has 1 aliphatic rings. The molecule has 0 unspecified atom stereocenters. The molecule has 1 aromatic heterocycles. The van der Waals surface area contributed by atoms with Crippen LogP contribution in [0.25, 0.3) is 6.08 Å². The van der Waals surface area contributed by atoms with Gasteiger partial charge in [-0.1, -0.05) is 29.0 Å². The van der Waals surface area contributed by atoms with Gasteiger partial charge in [0.2, 0.25) is 5.91 Å². The maximum atomic E-state index is 12.1. The van der Waals surface area contributed by atoms with E-state index in [-0.39, 0.29) is 11.9 Å². The molecule has 3 rings (SSSR count). The summed E-state index contributed by atoms with van der Waals surface area (Å²) in [5, 5.41) is 6.49. The van der Waals surface area contributed by atoms with E-state index in [1.807, 2.05) is 25.1 Å². The minimum atomic E-state index is -0.545. The normalized spacial score (nSPS) is 14.4. The van der Waals surface area contributed by atoms with Crippen LogP contribution in [0.2, 0.25) is 5.02 Å². The van der Waals surface area contributed by atoms with Gasteiger partial charge in [0.25, 0.3) is 5.19 Å². The van der Waals surface area contributed by atoms with E-state index >= 15 is 0 Å². The monoisotopic (exact) mass is 535 g/mol. The molecule has 196 valence electrons. The van der Waals surface area contributed by atoms with Gasteiger partial charge in [0.1, 0.15) is 17.1 Å². The van der Waals surface area contributed by atoms with Crippen molar-refractivity contribution in [3.8, 4) is 16.7 Å². The second-order valence-electron chi connectivity index (χ2n) is 9.72. The first-order chi connectivity index (χ1) is 17.1. The van der Waals surface area contributed by atoms with Crippen molar-refractivity contribution < 1.29 is 23.8 Å². The maximum absolute atomic E-state index is 12.1. The van der Waals surface area contributed by atoms with Crippen molar-refractivity contribution in [1.82, 2.24) is 15.6 Å². The number of carbonyl (C=O) groups excluding carboxylic acids is 2. The summed E-state index contributed by atoms with van der Waals surface area (Å²) in [5.74, 6) is 1.83. The molecule has 0 bridgehead atoms. The van der Waals surface area contributed by atoms with E-state index in [2.05, 4.69) is 15.6 Å². The van der Waals surface area contributed by atoms with E-state index in [1.165, 1.54) is 24.2 Å². The number of carbonyl (C=O) groups is 2. The smallest absolute Gasteiger partial charge is 0.407 e. The standard InChI is InChI=1S/C26H34ClN3O5S/c1-17(30-23(31)6-5-13-28-24(32)35-26(2,3)4)7-11-20-15-29-25(36-20)34-22-12-10-19(14-21(22)27)33-16-18-8-9-18/h7,10-12,14-15,17-18H,5-6,8-9,13,16H2,1-4H3,(H,28,32)(H,30,31)/b11-7+/t17-/m0/s1. The zero-order valence-electron chi connectivity index (χ0n) is 21.1. The first-order valence-electron chi connectivity index (χ1n) is 12.1. The van der Waals surface area contributed by atoms with Crippen LogP contribution in [0.5, 0.6) is 16.7 Å². The molecule has 8 nitrogen and oxygen atoms in total. The van der Waals surface area contributed by atoms with Crippen molar-refractivity contribution in [3.63, 3.8) is 0 Å². The van der Waals surface area contributed by atoms with Crippen molar-refractivity contribution in [1.29, 1.82) is 0 Å². The number of nitrogens with zero attached hydrogens (tertiary/aromatic N) is 1. The minimum Gasteiger partial charge on any atom is -0.493 e. The van der Waals surface area contributed by atoms with Gasteiger partial charge in [0.05, 0.1) is 16.5 Å². The molecule has 36 heavy (non-hydrogen) atoms. The van der Waals surface area contributed by atoms with Gasteiger partial charge in [-0.15, -0.1) is 0 Å². The summed E-state index contributed by atoms with van der Waals surface area (Å²) >= 11 is 7.72. The quantitative estimate of drug-likeness (QED) is 0.314. The second kappa shape index (κ2) is 13.0. The lowest BCUT2D eigenvalue weighted by molar-refractivity contribution is -0.121. The molecule has 1 saturated carbocycles. The van der Waals surface area contributed by atoms with Gasteiger partial charge in [-0.05, 0) is 71.1 Å². The van der Waals surface area contributed by atoms with Crippen LogP contribution < -0.4 is 20.1 Å². The third kappa shape index (κ3) is 10.5. The van der Waals surface area contributed by atoms with Gasteiger partial charge in [0, 0.05) is 31.3 Å². The lowest BCUT2D eigenvalue weighted by Gasteiger charge is -2.19. The molecule has 1 aliphatic carbocycles. The SMILES string of the molecule is C[C@@H](/C=C/c1cnc(Oc2ccc(OCC3CC3)cc2Cl)s1)NC(=O)CCCNC(=O)OC(C)(C)C. The maximum Gasteiger partial charge on any atom is 0.407 e. The number of nitrogens with one attached hydrogen (secondary N) is 2. The highest BCUT2D eigenvalue weighted by Gasteiger charge is 2.22. The van der Waals surface area contributed by atoms with Crippen molar-refractivity contribution in [2.24, 2.45) is 5.92 Å². The van der Waals surface area contributed by atoms with Crippen LogP contribution >= 0.6 is 22.9 Å². The van der Waals surface area contributed by atoms with Crippen LogP contribution in [0, 0.1) is 5.92 Å². The van der Waals surface area contributed by atoms with Gasteiger partial charge >= 0.3 is 6.09 Å². The van der Waals surface area contributed by atoms with Gasteiger partial charge in [-0.25, -0.2) is 9.78 Å². The largest absolute Gasteiger partial charge is 0.493 e. The van der Waals surface area contributed by atoms with Crippen molar-refractivity contribution in [3.05, 3.63) is 40.4 Å². The van der Waals surface area contributed by atoms with E-state index in [9.17, 15) is 9.59 Å². The fraction of sp³-hybridized carbons (Fsp3) is 0.500. The number of hydrogen-bond acceptors (Lipinski definition) is 7. The number of hydrogen-bond donors (Lipinski definition) is 2. The molecule has 1 atom stereocenters. The minimum absolute atomic E-state index is 0.0920. The molecule has 0 saturated heterocycles. The molecule has 2 N–H and O–H groups in total. The van der Waals surface area contributed by atoms with E-state index < -0.39 is 11.7 Å². The Morgan fingerprint density at radius 1 is 1.31 bits per heavy atom. The lowest BCUT2D eigenvalue weighted by atomic mass is 10.2. The number of halogens is 1. The predicted molar refractivity (Wildman–Crippen MR) is 142 cm³/mol. The average molecular weight is 536 g/mol. The number of rotatable bonds is 12. The number of ether oxygens (including phenoxy) is 3. The van der Waals surface area contributed by atoms with Crippen LogP contribution in [-0.2, 0) is 9.53 Å². The van der Waals surface area contributed by atoms with Gasteiger partial charge < -0.3 is 24.8 Å². The molecule has 0 spiro atoms. The van der Waals surface area contributed by atoms with Crippen molar-refractivity contribution >= 4 is 41.0 Å². The highest BCUT2D eigenvalue weighted by atomic mass is 35.5. The van der Waals surface area contributed by atoms with Gasteiger partial charge in [-0.2, -0.15) is 0 Å². The zero-order valence-corrected chi connectivity index (χ0v) is 22.7. The van der Waals surface area contributed by atoms with Crippen LogP contribution in [0.15, 0.2) is 30.5 Å². The molecule has 0 aliphatic heterocycles. The van der Waals surface area contributed by atoms with Crippen LogP contribution in [-0.4, -0.2) is 41.8 Å². The Bertz CT molecular complexity index is 1060. The Hall–Kier alpha value is -2.78. The highest BCUT2D eigenvalue weighted by Crippen LogP contribution is 2.35. The molecular formula is C26H34ClN3O5S. The lowest BCUT2D eigenvalue weighted by Crippen LogP contribution is -2.34. The summed E-state index contributed by atoms with van der Waals surface area (Å²) < 4.78 is 16.7. The topological polar surface area (TPSA) is 98.8 Å². The number of aromatic nitrogens is 1. The number of amides is 2. The summed E-state index contributed by atoms with van der Waals surface area (Å²) in [7, 11) is 0. The summed E-state index contributed by atoms with van der Waals surface area (Å²) in [4.78, 5) is 28.9. The Morgan fingerprint density at radius 2 is 2.08 bits per heavy atom.